The molecule has 9 heteroatoms. The number of hydrogen-bond donors (Lipinski definition) is 2. The minimum absolute atomic E-state index is 0.274. The molecule has 0 unspecified atom stereocenters. The molecule has 3 rings (SSSR count). The number of anilines is 4. The third kappa shape index (κ3) is 3.44. The topological polar surface area (TPSA) is 88.8 Å². The van der Waals surface area contributed by atoms with Crippen molar-refractivity contribution in [3.05, 3.63) is 46.3 Å². The SMILES string of the molecule is Cc1cc(Nc2nncc(Nc3cc(Cl)ccc3Cl)n2)no1. The van der Waals surface area contributed by atoms with Crippen LogP contribution in [-0.4, -0.2) is 20.3 Å². The molecule has 0 radical (unpaired) electrons. The normalized spacial score (nSPS) is 10.5. The van der Waals surface area contributed by atoms with Gasteiger partial charge in [0.2, 0.25) is 5.95 Å². The summed E-state index contributed by atoms with van der Waals surface area (Å²) in [6, 6.07) is 6.81. The van der Waals surface area contributed by atoms with Crippen LogP contribution in [0.25, 0.3) is 0 Å². The monoisotopic (exact) mass is 336 g/mol. The number of aryl methyl sites for hydroxylation is 1. The molecule has 0 bridgehead atoms. The van der Waals surface area contributed by atoms with E-state index in [1.807, 2.05) is 0 Å². The summed E-state index contributed by atoms with van der Waals surface area (Å²) in [6.07, 6.45) is 1.47. The fourth-order valence-corrected chi connectivity index (χ4v) is 2.02. The lowest BCUT2D eigenvalue weighted by Gasteiger charge is -2.08. The Morgan fingerprint density at radius 1 is 1.09 bits per heavy atom. The minimum Gasteiger partial charge on any atom is -0.360 e. The summed E-state index contributed by atoms with van der Waals surface area (Å²) in [5.41, 5.74) is 0.623. The minimum atomic E-state index is 0.274. The van der Waals surface area contributed by atoms with E-state index < -0.39 is 0 Å². The van der Waals surface area contributed by atoms with E-state index in [2.05, 4.69) is 31.0 Å². The Morgan fingerprint density at radius 2 is 1.95 bits per heavy atom. The van der Waals surface area contributed by atoms with Gasteiger partial charge in [0, 0.05) is 11.1 Å². The van der Waals surface area contributed by atoms with Crippen LogP contribution in [0.3, 0.4) is 0 Å². The number of hydrogen-bond acceptors (Lipinski definition) is 7. The van der Waals surface area contributed by atoms with Crippen LogP contribution in [0.2, 0.25) is 10.0 Å². The molecule has 0 spiro atoms. The van der Waals surface area contributed by atoms with Crippen LogP contribution < -0.4 is 10.6 Å². The van der Waals surface area contributed by atoms with Gasteiger partial charge in [0.1, 0.15) is 5.76 Å². The molecule has 0 saturated heterocycles. The van der Waals surface area contributed by atoms with Gasteiger partial charge in [0.25, 0.3) is 0 Å². The molecule has 7 nitrogen and oxygen atoms in total. The van der Waals surface area contributed by atoms with Crippen LogP contribution >= 0.6 is 23.2 Å². The van der Waals surface area contributed by atoms with Crippen molar-refractivity contribution < 1.29 is 4.52 Å². The maximum atomic E-state index is 6.10. The van der Waals surface area contributed by atoms with Crippen molar-refractivity contribution in [2.75, 3.05) is 10.6 Å². The van der Waals surface area contributed by atoms with Crippen molar-refractivity contribution in [2.24, 2.45) is 0 Å². The smallest absolute Gasteiger partial charge is 0.250 e. The number of halogens is 2. The Hall–Kier alpha value is -2.38. The second kappa shape index (κ2) is 6.17. The quantitative estimate of drug-likeness (QED) is 0.745. The van der Waals surface area contributed by atoms with Gasteiger partial charge in [-0.15, -0.1) is 5.10 Å². The summed E-state index contributed by atoms with van der Waals surface area (Å²) in [4.78, 5) is 4.26. The van der Waals surface area contributed by atoms with Crippen LogP contribution in [0.4, 0.5) is 23.3 Å². The molecule has 0 aliphatic heterocycles. The number of rotatable bonds is 4. The molecule has 2 N–H and O–H groups in total. The van der Waals surface area contributed by atoms with Crippen molar-refractivity contribution in [3.63, 3.8) is 0 Å². The molecule has 0 atom stereocenters. The largest absolute Gasteiger partial charge is 0.360 e. The Balaban J connectivity index is 1.80. The summed E-state index contributed by atoms with van der Waals surface area (Å²) in [7, 11) is 0. The number of nitrogens with zero attached hydrogens (tertiary/aromatic N) is 4. The van der Waals surface area contributed by atoms with Crippen LogP contribution in [0.5, 0.6) is 0 Å². The van der Waals surface area contributed by atoms with E-state index >= 15 is 0 Å². The first-order valence-corrected chi connectivity index (χ1v) is 6.98. The third-order valence-electron chi connectivity index (χ3n) is 2.62. The third-order valence-corrected chi connectivity index (χ3v) is 3.18. The summed E-state index contributed by atoms with van der Waals surface area (Å²) < 4.78 is 4.96. The van der Waals surface area contributed by atoms with E-state index in [-0.39, 0.29) is 5.95 Å². The lowest BCUT2D eigenvalue weighted by molar-refractivity contribution is 0.400. The van der Waals surface area contributed by atoms with Crippen molar-refractivity contribution >= 4 is 46.5 Å². The van der Waals surface area contributed by atoms with Gasteiger partial charge < -0.3 is 15.2 Å². The first-order valence-electron chi connectivity index (χ1n) is 6.22. The Morgan fingerprint density at radius 3 is 2.73 bits per heavy atom. The molecule has 1 aromatic carbocycles. The van der Waals surface area contributed by atoms with Crippen LogP contribution in [-0.2, 0) is 0 Å². The van der Waals surface area contributed by atoms with Gasteiger partial charge in [-0.1, -0.05) is 28.4 Å². The second-order valence-corrected chi connectivity index (χ2v) is 5.21. The molecule has 22 heavy (non-hydrogen) atoms. The fraction of sp³-hybridized carbons (Fsp3) is 0.0769. The predicted octanol–water partition coefficient (Wildman–Crippen LogP) is 3.96. The molecule has 2 aromatic heterocycles. The van der Waals surface area contributed by atoms with Crippen LogP contribution in [0, 0.1) is 6.92 Å². The highest BCUT2D eigenvalue weighted by molar-refractivity contribution is 6.35. The van der Waals surface area contributed by atoms with Gasteiger partial charge in [0.15, 0.2) is 11.6 Å². The lowest BCUT2D eigenvalue weighted by atomic mass is 10.3. The van der Waals surface area contributed by atoms with Gasteiger partial charge in [-0.05, 0) is 25.1 Å². The predicted molar refractivity (Wildman–Crippen MR) is 84.1 cm³/mol. The summed E-state index contributed by atoms with van der Waals surface area (Å²) in [6.45, 7) is 1.79. The van der Waals surface area contributed by atoms with Gasteiger partial charge in [0.05, 0.1) is 16.9 Å². The molecule has 0 amide bonds. The van der Waals surface area contributed by atoms with Crippen LogP contribution in [0.15, 0.2) is 35.0 Å². The highest BCUT2D eigenvalue weighted by Gasteiger charge is 2.07. The first-order chi connectivity index (χ1) is 10.6. The highest BCUT2D eigenvalue weighted by Crippen LogP contribution is 2.27. The van der Waals surface area contributed by atoms with Gasteiger partial charge in [-0.25, -0.2) is 0 Å². The Bertz CT molecular complexity index is 807. The Kier molecular flexibility index (Phi) is 4.08. The number of aromatic nitrogens is 4. The highest BCUT2D eigenvalue weighted by atomic mass is 35.5. The van der Waals surface area contributed by atoms with E-state index in [0.29, 0.717) is 33.1 Å². The zero-order chi connectivity index (χ0) is 15.5. The molecule has 0 saturated carbocycles. The molecule has 3 aromatic rings. The first kappa shape index (κ1) is 14.6. The van der Waals surface area contributed by atoms with Crippen molar-refractivity contribution in [3.8, 4) is 0 Å². The van der Waals surface area contributed by atoms with E-state index in [9.17, 15) is 0 Å². The molecular formula is C13H10Cl2N6O. The summed E-state index contributed by atoms with van der Waals surface area (Å²) in [5, 5.41) is 18.5. The fourth-order valence-electron chi connectivity index (χ4n) is 1.69. The number of nitrogens with one attached hydrogen (secondary N) is 2. The maximum Gasteiger partial charge on any atom is 0.250 e. The van der Waals surface area contributed by atoms with E-state index in [0.717, 1.165) is 0 Å². The Labute approximate surface area is 135 Å². The average molecular weight is 337 g/mol. The van der Waals surface area contributed by atoms with E-state index in [1.165, 1.54) is 6.20 Å². The van der Waals surface area contributed by atoms with Crippen molar-refractivity contribution in [1.29, 1.82) is 0 Å². The zero-order valence-electron chi connectivity index (χ0n) is 11.3. The molecule has 2 heterocycles. The lowest BCUT2D eigenvalue weighted by Crippen LogP contribution is -2.02. The second-order valence-electron chi connectivity index (χ2n) is 4.36. The molecular weight excluding hydrogens is 327 g/mol. The van der Waals surface area contributed by atoms with Gasteiger partial charge in [-0.2, -0.15) is 10.1 Å². The molecule has 0 aliphatic rings. The van der Waals surface area contributed by atoms with Gasteiger partial charge >= 0.3 is 0 Å². The standard InChI is InChI=1S/C13H10Cl2N6O/c1-7-4-11(21-22-7)18-13-19-12(6-16-20-13)17-10-5-8(14)2-3-9(10)15/h2-6H,1H3,(H2,17,18,19,20,21). The zero-order valence-corrected chi connectivity index (χ0v) is 12.9. The van der Waals surface area contributed by atoms with E-state index in [4.69, 9.17) is 27.7 Å². The summed E-state index contributed by atoms with van der Waals surface area (Å²) >= 11 is 12.0. The molecule has 0 fully saturated rings. The number of benzene rings is 1. The van der Waals surface area contributed by atoms with Gasteiger partial charge in [-0.3, -0.25) is 0 Å². The molecule has 0 aliphatic carbocycles. The average Bonchev–Trinajstić information content (AvgIpc) is 2.88. The van der Waals surface area contributed by atoms with Crippen molar-refractivity contribution in [2.45, 2.75) is 6.92 Å². The van der Waals surface area contributed by atoms with E-state index in [1.54, 1.807) is 31.2 Å². The van der Waals surface area contributed by atoms with Crippen molar-refractivity contribution in [1.82, 2.24) is 20.3 Å². The molecule has 112 valence electrons. The maximum absolute atomic E-state index is 6.10. The summed E-state index contributed by atoms with van der Waals surface area (Å²) in [5.74, 6) is 1.91. The van der Waals surface area contributed by atoms with Crippen LogP contribution in [0.1, 0.15) is 5.76 Å².